The van der Waals surface area contributed by atoms with E-state index in [9.17, 15) is 0 Å². The third-order valence-corrected chi connectivity index (χ3v) is 4.57. The maximum absolute atomic E-state index is 6.04. The van der Waals surface area contributed by atoms with E-state index in [1.54, 1.807) is 0 Å². The third-order valence-electron chi connectivity index (χ3n) is 4.38. The molecule has 0 amide bonds. The van der Waals surface area contributed by atoms with Crippen molar-refractivity contribution in [3.8, 4) is 0 Å². The summed E-state index contributed by atoms with van der Waals surface area (Å²) in [4.78, 5) is 9.31. The number of pyridine rings is 1. The van der Waals surface area contributed by atoms with Gasteiger partial charge in [-0.05, 0) is 43.5 Å². The van der Waals surface area contributed by atoms with E-state index >= 15 is 0 Å². The van der Waals surface area contributed by atoms with E-state index in [2.05, 4.69) is 20.9 Å². The molecule has 116 valence electrons. The minimum Gasteiger partial charge on any atom is -0.379 e. The molecule has 21 heavy (non-hydrogen) atoms. The van der Waals surface area contributed by atoms with Crippen molar-refractivity contribution in [1.82, 2.24) is 14.8 Å². The minimum atomic E-state index is 0.606. The van der Waals surface area contributed by atoms with Gasteiger partial charge in [-0.3, -0.25) is 9.80 Å². The first kappa shape index (κ1) is 15.2. The van der Waals surface area contributed by atoms with Crippen LogP contribution in [0, 0.1) is 12.8 Å². The summed E-state index contributed by atoms with van der Waals surface area (Å²) >= 11 is 6.04. The van der Waals surface area contributed by atoms with Crippen LogP contribution in [-0.4, -0.2) is 60.7 Å². The highest BCUT2D eigenvalue weighted by Crippen LogP contribution is 2.21. The first-order valence-corrected chi connectivity index (χ1v) is 8.22. The molecule has 0 N–H and O–H groups in total. The van der Waals surface area contributed by atoms with Crippen molar-refractivity contribution < 1.29 is 4.74 Å². The van der Waals surface area contributed by atoms with Crippen LogP contribution in [0.5, 0.6) is 0 Å². The molecule has 2 saturated heterocycles. The molecular weight excluding hydrogens is 286 g/mol. The Morgan fingerprint density at radius 3 is 2.81 bits per heavy atom. The number of hydrogen-bond donors (Lipinski definition) is 0. The lowest BCUT2D eigenvalue weighted by atomic mass is 10.1. The van der Waals surface area contributed by atoms with Gasteiger partial charge in [0.15, 0.2) is 0 Å². The summed E-state index contributed by atoms with van der Waals surface area (Å²) in [6.07, 6.45) is 1.30. The van der Waals surface area contributed by atoms with Gasteiger partial charge in [-0.15, -0.1) is 0 Å². The summed E-state index contributed by atoms with van der Waals surface area (Å²) in [5, 5.41) is 0.606. The largest absolute Gasteiger partial charge is 0.379 e. The van der Waals surface area contributed by atoms with Gasteiger partial charge in [-0.2, -0.15) is 0 Å². The molecule has 1 atom stereocenters. The van der Waals surface area contributed by atoms with Gasteiger partial charge in [0.25, 0.3) is 0 Å². The van der Waals surface area contributed by atoms with Gasteiger partial charge in [0.1, 0.15) is 5.15 Å². The lowest BCUT2D eigenvalue weighted by molar-refractivity contribution is 0.0311. The van der Waals surface area contributed by atoms with Crippen LogP contribution in [0.4, 0.5) is 0 Å². The van der Waals surface area contributed by atoms with Crippen molar-refractivity contribution in [2.75, 3.05) is 45.9 Å². The lowest BCUT2D eigenvalue weighted by Gasteiger charge is -2.29. The molecule has 5 heteroatoms. The maximum atomic E-state index is 6.04. The van der Waals surface area contributed by atoms with Crippen LogP contribution in [0.2, 0.25) is 5.15 Å². The Morgan fingerprint density at radius 1 is 1.24 bits per heavy atom. The van der Waals surface area contributed by atoms with Crippen molar-refractivity contribution in [3.05, 3.63) is 28.5 Å². The average Bonchev–Trinajstić information content (AvgIpc) is 2.86. The van der Waals surface area contributed by atoms with E-state index in [1.165, 1.54) is 31.6 Å². The summed E-state index contributed by atoms with van der Waals surface area (Å²) in [5.41, 5.74) is 2.28. The molecule has 2 aliphatic heterocycles. The van der Waals surface area contributed by atoms with Gasteiger partial charge >= 0.3 is 0 Å². The first-order chi connectivity index (χ1) is 10.2. The molecule has 3 rings (SSSR count). The van der Waals surface area contributed by atoms with Crippen molar-refractivity contribution in [1.29, 1.82) is 0 Å². The Morgan fingerprint density at radius 2 is 2.05 bits per heavy atom. The number of aromatic nitrogens is 1. The molecule has 0 aromatic carbocycles. The molecule has 1 aromatic heterocycles. The molecule has 2 fully saturated rings. The number of aryl methyl sites for hydroxylation is 1. The van der Waals surface area contributed by atoms with Gasteiger partial charge in [-0.1, -0.05) is 11.6 Å². The molecule has 0 unspecified atom stereocenters. The molecule has 2 aliphatic rings. The number of nitrogens with zero attached hydrogens (tertiary/aromatic N) is 3. The van der Waals surface area contributed by atoms with Crippen LogP contribution < -0.4 is 0 Å². The number of ether oxygens (including phenoxy) is 1. The minimum absolute atomic E-state index is 0.606. The number of hydrogen-bond acceptors (Lipinski definition) is 4. The van der Waals surface area contributed by atoms with Crippen LogP contribution in [0.25, 0.3) is 0 Å². The second-order valence-electron chi connectivity index (χ2n) is 6.24. The van der Waals surface area contributed by atoms with E-state index in [1.807, 2.05) is 13.0 Å². The molecule has 1 aromatic rings. The highest BCUT2D eigenvalue weighted by atomic mass is 35.5. The van der Waals surface area contributed by atoms with Crippen LogP contribution in [0.3, 0.4) is 0 Å². The molecule has 0 saturated carbocycles. The van der Waals surface area contributed by atoms with Crippen LogP contribution in [-0.2, 0) is 11.3 Å². The van der Waals surface area contributed by atoms with Gasteiger partial charge in [0, 0.05) is 38.4 Å². The molecule has 3 heterocycles. The normalized spacial score (nSPS) is 24.6. The van der Waals surface area contributed by atoms with Gasteiger partial charge in [0.2, 0.25) is 0 Å². The summed E-state index contributed by atoms with van der Waals surface area (Å²) in [7, 11) is 0. The van der Waals surface area contributed by atoms with Crippen molar-refractivity contribution in [2.24, 2.45) is 5.92 Å². The van der Waals surface area contributed by atoms with E-state index in [0.717, 1.165) is 44.5 Å². The Bertz CT molecular complexity index is 456. The highest BCUT2D eigenvalue weighted by Gasteiger charge is 2.25. The van der Waals surface area contributed by atoms with E-state index in [4.69, 9.17) is 16.3 Å². The fourth-order valence-electron chi connectivity index (χ4n) is 3.40. The Kier molecular flexibility index (Phi) is 5.11. The van der Waals surface area contributed by atoms with Gasteiger partial charge in [-0.25, -0.2) is 4.98 Å². The molecule has 0 aliphatic carbocycles. The SMILES string of the molecule is Cc1cc(CN2CC[C@@H](CN3CCOCC3)C2)cc(Cl)n1. The lowest BCUT2D eigenvalue weighted by Crippen LogP contribution is -2.39. The van der Waals surface area contributed by atoms with Crippen LogP contribution in [0.15, 0.2) is 12.1 Å². The van der Waals surface area contributed by atoms with E-state index < -0.39 is 0 Å². The Labute approximate surface area is 132 Å². The third kappa shape index (κ3) is 4.39. The average molecular weight is 310 g/mol. The number of morpholine rings is 1. The molecule has 0 spiro atoms. The van der Waals surface area contributed by atoms with Crippen molar-refractivity contribution in [3.63, 3.8) is 0 Å². The summed E-state index contributed by atoms with van der Waals surface area (Å²) < 4.78 is 5.42. The zero-order valence-corrected chi connectivity index (χ0v) is 13.5. The van der Waals surface area contributed by atoms with Crippen molar-refractivity contribution in [2.45, 2.75) is 19.9 Å². The van der Waals surface area contributed by atoms with Crippen LogP contribution in [0.1, 0.15) is 17.7 Å². The number of likely N-dealkylation sites (tertiary alicyclic amines) is 1. The summed E-state index contributed by atoms with van der Waals surface area (Å²) in [6.45, 7) is 10.6. The Balaban J connectivity index is 1.49. The molecule has 4 nitrogen and oxygen atoms in total. The zero-order chi connectivity index (χ0) is 14.7. The monoisotopic (exact) mass is 309 g/mol. The smallest absolute Gasteiger partial charge is 0.129 e. The van der Waals surface area contributed by atoms with E-state index in [-0.39, 0.29) is 0 Å². The van der Waals surface area contributed by atoms with E-state index in [0.29, 0.717) is 5.15 Å². The fraction of sp³-hybridized carbons (Fsp3) is 0.688. The van der Waals surface area contributed by atoms with Gasteiger partial charge in [0.05, 0.1) is 13.2 Å². The van der Waals surface area contributed by atoms with Crippen LogP contribution >= 0.6 is 11.6 Å². The maximum Gasteiger partial charge on any atom is 0.129 e. The number of halogens is 1. The topological polar surface area (TPSA) is 28.6 Å². The predicted octanol–water partition coefficient (Wildman–Crippen LogP) is 2.20. The zero-order valence-electron chi connectivity index (χ0n) is 12.7. The first-order valence-electron chi connectivity index (χ1n) is 7.84. The van der Waals surface area contributed by atoms with Crippen molar-refractivity contribution >= 4 is 11.6 Å². The highest BCUT2D eigenvalue weighted by molar-refractivity contribution is 6.29. The summed E-state index contributed by atoms with van der Waals surface area (Å²) in [5.74, 6) is 0.793. The molecule has 0 bridgehead atoms. The fourth-order valence-corrected chi connectivity index (χ4v) is 3.67. The number of rotatable bonds is 4. The van der Waals surface area contributed by atoms with Gasteiger partial charge < -0.3 is 4.74 Å². The predicted molar refractivity (Wildman–Crippen MR) is 84.6 cm³/mol. The second kappa shape index (κ2) is 7.05. The molecule has 0 radical (unpaired) electrons. The summed E-state index contributed by atoms with van der Waals surface area (Å²) in [6, 6.07) is 4.13. The Hall–Kier alpha value is -0.680. The molecular formula is C16H24ClN3O. The quantitative estimate of drug-likeness (QED) is 0.797. The second-order valence-corrected chi connectivity index (χ2v) is 6.63. The standard InChI is InChI=1S/C16H24ClN3O/c1-13-8-15(9-16(17)18-13)12-20-3-2-14(11-20)10-19-4-6-21-7-5-19/h8-9,14H,2-7,10-12H2,1H3/t14-/m0/s1.